The van der Waals surface area contributed by atoms with Crippen molar-refractivity contribution in [2.24, 2.45) is 0 Å². The number of halogens is 1. The molecule has 23 heavy (non-hydrogen) atoms. The van der Waals surface area contributed by atoms with E-state index in [4.69, 9.17) is 4.74 Å². The van der Waals surface area contributed by atoms with E-state index in [1.54, 1.807) is 18.2 Å². The van der Waals surface area contributed by atoms with Crippen molar-refractivity contribution in [3.63, 3.8) is 0 Å². The van der Waals surface area contributed by atoms with Crippen LogP contribution in [0.1, 0.15) is 11.4 Å². The van der Waals surface area contributed by atoms with E-state index in [9.17, 15) is 4.79 Å². The summed E-state index contributed by atoms with van der Waals surface area (Å²) in [6, 6.07) is 9.43. The predicted octanol–water partition coefficient (Wildman–Crippen LogP) is 4.48. The van der Waals surface area contributed by atoms with Crippen molar-refractivity contribution in [3.05, 3.63) is 68.5 Å². The lowest BCUT2D eigenvalue weighted by atomic mass is 10.2. The van der Waals surface area contributed by atoms with Crippen molar-refractivity contribution < 1.29 is 4.74 Å². The summed E-state index contributed by atoms with van der Waals surface area (Å²) in [5.41, 5.74) is 0.857. The summed E-state index contributed by atoms with van der Waals surface area (Å²) in [6.07, 6.45) is 5.38. The minimum atomic E-state index is -0.134. The van der Waals surface area contributed by atoms with Gasteiger partial charge >= 0.3 is 0 Å². The van der Waals surface area contributed by atoms with E-state index in [1.807, 2.05) is 30.3 Å². The summed E-state index contributed by atoms with van der Waals surface area (Å²) < 4.78 is 6.32. The van der Waals surface area contributed by atoms with Crippen LogP contribution in [-0.4, -0.2) is 16.6 Å². The van der Waals surface area contributed by atoms with Gasteiger partial charge in [0.05, 0.1) is 9.17 Å². The van der Waals surface area contributed by atoms with Crippen LogP contribution in [0.5, 0.6) is 5.75 Å². The number of ether oxygens (including phenoxy) is 1. The molecule has 0 aliphatic rings. The van der Waals surface area contributed by atoms with Gasteiger partial charge in [0.2, 0.25) is 0 Å². The molecule has 0 bridgehead atoms. The van der Waals surface area contributed by atoms with E-state index >= 15 is 0 Å². The Morgan fingerprint density at radius 3 is 2.83 bits per heavy atom. The van der Waals surface area contributed by atoms with E-state index in [0.29, 0.717) is 22.6 Å². The third kappa shape index (κ3) is 3.78. The Morgan fingerprint density at radius 2 is 2.09 bits per heavy atom. The number of hydrogen-bond donors (Lipinski definition) is 1. The van der Waals surface area contributed by atoms with E-state index in [-0.39, 0.29) is 5.56 Å². The zero-order valence-electron chi connectivity index (χ0n) is 12.1. The van der Waals surface area contributed by atoms with Crippen LogP contribution in [0.2, 0.25) is 0 Å². The number of hydrogen-bond acceptors (Lipinski definition) is 4. The van der Waals surface area contributed by atoms with Gasteiger partial charge in [-0.1, -0.05) is 30.9 Å². The SMILES string of the molecule is C=CCOc1ccc(C=Cc2nc3sc(Br)cc3c(=O)[nH]2)cc1. The highest BCUT2D eigenvalue weighted by atomic mass is 79.9. The largest absolute Gasteiger partial charge is 0.490 e. The second-order valence-corrected chi connectivity index (χ2v) is 7.13. The van der Waals surface area contributed by atoms with E-state index in [1.165, 1.54) is 11.3 Å². The number of nitrogens with one attached hydrogen (secondary N) is 1. The fourth-order valence-corrected chi connectivity index (χ4v) is 3.46. The summed E-state index contributed by atoms with van der Waals surface area (Å²) in [4.78, 5) is 19.9. The molecule has 1 aromatic carbocycles. The average Bonchev–Trinajstić information content (AvgIpc) is 2.93. The van der Waals surface area contributed by atoms with Gasteiger partial charge in [-0.05, 0) is 45.8 Å². The van der Waals surface area contributed by atoms with Crippen LogP contribution >= 0.6 is 27.3 Å². The number of benzene rings is 1. The number of rotatable bonds is 5. The smallest absolute Gasteiger partial charge is 0.259 e. The third-order valence-corrected chi connectivity index (χ3v) is 4.60. The highest BCUT2D eigenvalue weighted by Crippen LogP contribution is 2.26. The first-order valence-corrected chi connectivity index (χ1v) is 8.48. The lowest BCUT2D eigenvalue weighted by molar-refractivity contribution is 0.363. The average molecular weight is 389 g/mol. The fourth-order valence-electron chi connectivity index (χ4n) is 2.00. The van der Waals surface area contributed by atoms with Crippen LogP contribution in [0.3, 0.4) is 0 Å². The van der Waals surface area contributed by atoms with Gasteiger partial charge in [-0.15, -0.1) is 11.3 Å². The van der Waals surface area contributed by atoms with E-state index < -0.39 is 0 Å². The summed E-state index contributed by atoms with van der Waals surface area (Å²) in [7, 11) is 0. The Kier molecular flexibility index (Phi) is 4.73. The Hall–Kier alpha value is -2.18. The zero-order chi connectivity index (χ0) is 16.2. The number of H-pyrrole nitrogens is 1. The third-order valence-electron chi connectivity index (χ3n) is 3.07. The molecule has 0 spiro atoms. The Labute approximate surface area is 145 Å². The maximum Gasteiger partial charge on any atom is 0.259 e. The molecule has 0 aliphatic carbocycles. The first-order valence-electron chi connectivity index (χ1n) is 6.87. The molecular weight excluding hydrogens is 376 g/mol. The monoisotopic (exact) mass is 388 g/mol. The van der Waals surface area contributed by atoms with Crippen LogP contribution in [0.4, 0.5) is 0 Å². The van der Waals surface area contributed by atoms with E-state index in [2.05, 4.69) is 32.5 Å². The quantitative estimate of drug-likeness (QED) is 0.655. The first kappa shape index (κ1) is 15.7. The second kappa shape index (κ2) is 6.93. The molecule has 3 aromatic rings. The standard InChI is InChI=1S/C17H13BrN2O2S/c1-2-9-22-12-6-3-11(4-7-12)5-8-15-19-16(21)13-10-14(18)23-17(13)20-15/h2-8,10H,1,9H2,(H,19,20,21). The van der Waals surface area contributed by atoms with Gasteiger partial charge in [0.25, 0.3) is 5.56 Å². The lowest BCUT2D eigenvalue weighted by Gasteiger charge is -2.02. The number of nitrogens with zero attached hydrogens (tertiary/aromatic N) is 1. The van der Waals surface area contributed by atoms with Crippen LogP contribution < -0.4 is 10.3 Å². The van der Waals surface area contributed by atoms with Crippen LogP contribution in [0.25, 0.3) is 22.4 Å². The van der Waals surface area contributed by atoms with Gasteiger partial charge in [-0.3, -0.25) is 4.79 Å². The van der Waals surface area contributed by atoms with Crippen LogP contribution in [0.15, 0.2) is 51.6 Å². The molecule has 2 aromatic heterocycles. The Morgan fingerprint density at radius 1 is 1.30 bits per heavy atom. The summed E-state index contributed by atoms with van der Waals surface area (Å²) in [6.45, 7) is 4.10. The van der Waals surface area contributed by atoms with Gasteiger partial charge in [0.15, 0.2) is 0 Å². The van der Waals surface area contributed by atoms with Gasteiger partial charge in [0, 0.05) is 0 Å². The molecule has 6 heteroatoms. The normalized spacial score (nSPS) is 11.2. The molecule has 1 N–H and O–H groups in total. The number of aromatic amines is 1. The summed E-state index contributed by atoms with van der Waals surface area (Å²) in [5.74, 6) is 1.32. The molecule has 3 rings (SSSR count). The zero-order valence-corrected chi connectivity index (χ0v) is 14.5. The van der Waals surface area contributed by atoms with Crippen molar-refractivity contribution >= 4 is 49.6 Å². The van der Waals surface area contributed by atoms with Crippen molar-refractivity contribution in [2.45, 2.75) is 0 Å². The highest BCUT2D eigenvalue weighted by Gasteiger charge is 2.06. The summed E-state index contributed by atoms with van der Waals surface area (Å²) >= 11 is 4.81. The molecule has 0 aliphatic heterocycles. The molecule has 0 atom stereocenters. The van der Waals surface area contributed by atoms with Crippen molar-refractivity contribution in [2.75, 3.05) is 6.61 Å². The maximum absolute atomic E-state index is 12.0. The minimum absolute atomic E-state index is 0.134. The molecular formula is C17H13BrN2O2S. The molecule has 0 radical (unpaired) electrons. The molecule has 0 saturated carbocycles. The van der Waals surface area contributed by atoms with Gasteiger partial charge < -0.3 is 9.72 Å². The van der Waals surface area contributed by atoms with Gasteiger partial charge in [-0.2, -0.15) is 0 Å². The summed E-state index contributed by atoms with van der Waals surface area (Å²) in [5, 5.41) is 0.600. The molecule has 0 amide bonds. The maximum atomic E-state index is 12.0. The van der Waals surface area contributed by atoms with Crippen molar-refractivity contribution in [1.29, 1.82) is 0 Å². The molecule has 0 unspecified atom stereocenters. The number of aromatic nitrogens is 2. The van der Waals surface area contributed by atoms with Crippen molar-refractivity contribution in [1.82, 2.24) is 9.97 Å². The molecule has 0 saturated heterocycles. The Bertz CT molecular complexity index is 926. The minimum Gasteiger partial charge on any atom is -0.490 e. The highest BCUT2D eigenvalue weighted by molar-refractivity contribution is 9.11. The molecule has 0 fully saturated rings. The second-order valence-electron chi connectivity index (χ2n) is 4.72. The molecule has 4 nitrogen and oxygen atoms in total. The first-order chi connectivity index (χ1) is 11.2. The van der Waals surface area contributed by atoms with Gasteiger partial charge in [0.1, 0.15) is 23.0 Å². The molecule has 116 valence electrons. The topological polar surface area (TPSA) is 55.0 Å². The number of thiophene rings is 1. The molecule has 2 heterocycles. The fraction of sp³-hybridized carbons (Fsp3) is 0.0588. The Balaban J connectivity index is 1.82. The van der Waals surface area contributed by atoms with Gasteiger partial charge in [-0.25, -0.2) is 4.98 Å². The number of fused-ring (bicyclic) bond motifs is 1. The van der Waals surface area contributed by atoms with Crippen LogP contribution in [-0.2, 0) is 0 Å². The van der Waals surface area contributed by atoms with E-state index in [0.717, 1.165) is 15.1 Å². The van der Waals surface area contributed by atoms with Crippen molar-refractivity contribution in [3.8, 4) is 5.75 Å². The lowest BCUT2D eigenvalue weighted by Crippen LogP contribution is -2.07. The predicted molar refractivity (Wildman–Crippen MR) is 99.0 cm³/mol. The van der Waals surface area contributed by atoms with Crippen LogP contribution in [0, 0.1) is 0 Å².